The van der Waals surface area contributed by atoms with E-state index in [0.29, 0.717) is 11.7 Å². The molecule has 36 heavy (non-hydrogen) atoms. The fourth-order valence-electron chi connectivity index (χ4n) is 4.13. The Balaban J connectivity index is 0.000000454. The van der Waals surface area contributed by atoms with Crippen molar-refractivity contribution in [2.24, 2.45) is 0 Å². The summed E-state index contributed by atoms with van der Waals surface area (Å²) in [4.78, 5) is 22.0. The summed E-state index contributed by atoms with van der Waals surface area (Å²) in [5, 5.41) is 10.4. The average molecular weight is 527 g/mol. The van der Waals surface area contributed by atoms with Gasteiger partial charge in [-0.25, -0.2) is 13.2 Å². The number of carbonyl (C=O) groups excluding carboxylic acids is 1. The molecule has 3 N–H and O–H groups in total. The maximum Gasteiger partial charge on any atom is 0.490 e. The van der Waals surface area contributed by atoms with Crippen LogP contribution in [0.5, 0.6) is 0 Å². The van der Waals surface area contributed by atoms with E-state index in [1.54, 1.807) is 36.4 Å². The van der Waals surface area contributed by atoms with Gasteiger partial charge in [0.05, 0.1) is 10.3 Å². The molecular weight excluding hydrogens is 497 g/mol. The van der Waals surface area contributed by atoms with Gasteiger partial charge in [-0.2, -0.15) is 13.2 Å². The third-order valence-corrected chi connectivity index (χ3v) is 7.79. The van der Waals surface area contributed by atoms with Crippen molar-refractivity contribution in [3.05, 3.63) is 59.7 Å². The summed E-state index contributed by atoms with van der Waals surface area (Å²) in [6.07, 6.45) is 2.39. The number of benzene rings is 2. The number of rotatable bonds is 6. The summed E-state index contributed by atoms with van der Waals surface area (Å²) in [6, 6.07) is 14.3. The zero-order chi connectivity index (χ0) is 26.6. The lowest BCUT2D eigenvalue weighted by molar-refractivity contribution is -0.192. The molecule has 0 radical (unpaired) electrons. The lowest BCUT2D eigenvalue weighted by atomic mass is 9.91. The predicted octanol–water partition coefficient (Wildman–Crippen LogP) is 4.91. The maximum atomic E-state index is 12.9. The third kappa shape index (κ3) is 6.99. The number of hydrogen-bond acceptors (Lipinski definition) is 4. The highest BCUT2D eigenvalue weighted by molar-refractivity contribution is 7.92. The van der Waals surface area contributed by atoms with Crippen LogP contribution in [0.15, 0.2) is 53.4 Å². The van der Waals surface area contributed by atoms with E-state index in [9.17, 15) is 26.4 Å². The summed E-state index contributed by atoms with van der Waals surface area (Å²) in [5.74, 6) is -2.63. The van der Waals surface area contributed by atoms with Gasteiger partial charge >= 0.3 is 12.1 Å². The van der Waals surface area contributed by atoms with Gasteiger partial charge in [0, 0.05) is 11.7 Å². The van der Waals surface area contributed by atoms with Gasteiger partial charge in [0.2, 0.25) is 5.91 Å². The Morgan fingerprint density at radius 3 is 1.94 bits per heavy atom. The van der Waals surface area contributed by atoms with Gasteiger partial charge in [0.25, 0.3) is 10.0 Å². The van der Waals surface area contributed by atoms with Gasteiger partial charge in [-0.1, -0.05) is 49.1 Å². The first-order valence-corrected chi connectivity index (χ1v) is 13.1. The zero-order valence-corrected chi connectivity index (χ0v) is 20.6. The number of amides is 1. The Kier molecular flexibility index (Phi) is 8.33. The van der Waals surface area contributed by atoms with Crippen LogP contribution < -0.4 is 10.0 Å². The first-order chi connectivity index (χ1) is 16.8. The Morgan fingerprint density at radius 1 is 0.944 bits per heavy atom. The molecule has 11 heteroatoms. The molecule has 2 saturated carbocycles. The van der Waals surface area contributed by atoms with Gasteiger partial charge in [-0.3, -0.25) is 9.52 Å². The highest BCUT2D eigenvalue weighted by Crippen LogP contribution is 2.49. The molecule has 7 nitrogen and oxygen atoms in total. The van der Waals surface area contributed by atoms with Crippen molar-refractivity contribution < 1.29 is 36.3 Å². The SMILES string of the molecule is Cc1ccc(S(=O)(=O)Nc2ccc(C3(C(=O)NC4CCCCC4)CC3)cc2)cc1.O=C(O)C(F)(F)F. The molecule has 0 unspecified atom stereocenters. The maximum absolute atomic E-state index is 12.9. The smallest absolute Gasteiger partial charge is 0.475 e. The van der Waals surface area contributed by atoms with Crippen LogP contribution in [-0.2, 0) is 25.0 Å². The molecule has 196 valence electrons. The van der Waals surface area contributed by atoms with E-state index in [-0.39, 0.29) is 10.8 Å². The standard InChI is InChI=1S/C23H28N2O3S.C2HF3O2/c1-17-7-13-21(14-8-17)29(27,28)25-20-11-9-18(10-12-20)23(15-16-23)22(26)24-19-5-3-2-4-6-19;3-2(4,5)1(6)7/h7-14,19,25H,2-6,15-16H2,1H3,(H,24,26);(H,6,7). The Hall–Kier alpha value is -3.08. The highest BCUT2D eigenvalue weighted by Gasteiger charge is 2.51. The molecule has 1 amide bonds. The minimum Gasteiger partial charge on any atom is -0.475 e. The average Bonchev–Trinajstić information content (AvgIpc) is 3.62. The highest BCUT2D eigenvalue weighted by atomic mass is 32.2. The summed E-state index contributed by atoms with van der Waals surface area (Å²) in [6.45, 7) is 1.92. The lowest BCUT2D eigenvalue weighted by Gasteiger charge is -2.25. The number of sulfonamides is 1. The number of alkyl halides is 3. The number of halogens is 3. The number of hydrogen-bond donors (Lipinski definition) is 3. The second-order valence-corrected chi connectivity index (χ2v) is 10.9. The van der Waals surface area contributed by atoms with Gasteiger partial charge in [0.1, 0.15) is 0 Å². The first-order valence-electron chi connectivity index (χ1n) is 11.6. The summed E-state index contributed by atoms with van der Waals surface area (Å²) in [7, 11) is -3.63. The largest absolute Gasteiger partial charge is 0.490 e. The van der Waals surface area contributed by atoms with E-state index in [2.05, 4.69) is 10.0 Å². The molecular formula is C25H29F3N2O5S. The number of nitrogens with one attached hydrogen (secondary N) is 2. The van der Waals surface area contributed by atoms with Crippen molar-refractivity contribution in [1.29, 1.82) is 0 Å². The lowest BCUT2D eigenvalue weighted by Crippen LogP contribution is -2.42. The molecule has 0 aromatic heterocycles. The second kappa shape index (κ2) is 10.9. The molecule has 0 spiro atoms. The molecule has 0 atom stereocenters. The van der Waals surface area contributed by atoms with Crippen LogP contribution in [0.4, 0.5) is 18.9 Å². The summed E-state index contributed by atoms with van der Waals surface area (Å²) < 4.78 is 59.5. The van der Waals surface area contributed by atoms with Crippen LogP contribution >= 0.6 is 0 Å². The Labute approximate surface area is 208 Å². The number of aliphatic carboxylic acids is 1. The minimum absolute atomic E-state index is 0.123. The van der Waals surface area contributed by atoms with Crippen LogP contribution in [0.1, 0.15) is 56.1 Å². The molecule has 0 bridgehead atoms. The summed E-state index contributed by atoms with van der Waals surface area (Å²) >= 11 is 0. The van der Waals surface area contributed by atoms with E-state index in [4.69, 9.17) is 9.90 Å². The molecule has 2 aromatic carbocycles. The first kappa shape index (κ1) is 27.5. The number of anilines is 1. The minimum atomic E-state index is -5.08. The van der Waals surface area contributed by atoms with E-state index in [1.807, 2.05) is 19.1 Å². The number of carboxylic acid groups (broad SMARTS) is 1. The molecule has 4 rings (SSSR count). The van der Waals surface area contributed by atoms with Gasteiger partial charge in [-0.05, 0) is 62.4 Å². The van der Waals surface area contributed by atoms with Gasteiger partial charge in [-0.15, -0.1) is 0 Å². The van der Waals surface area contributed by atoms with Crippen molar-refractivity contribution >= 4 is 27.6 Å². The second-order valence-electron chi connectivity index (χ2n) is 9.19. The topological polar surface area (TPSA) is 113 Å². The van der Waals surface area contributed by atoms with Crippen molar-refractivity contribution in [2.45, 2.75) is 74.4 Å². The third-order valence-electron chi connectivity index (χ3n) is 6.39. The van der Waals surface area contributed by atoms with Crippen LogP contribution in [-0.4, -0.2) is 37.6 Å². The van der Waals surface area contributed by atoms with E-state index in [0.717, 1.165) is 36.8 Å². The van der Waals surface area contributed by atoms with E-state index >= 15 is 0 Å². The fraction of sp³-hybridized carbons (Fsp3) is 0.440. The fourth-order valence-corrected chi connectivity index (χ4v) is 5.19. The van der Waals surface area contributed by atoms with Crippen molar-refractivity contribution in [3.63, 3.8) is 0 Å². The van der Waals surface area contributed by atoms with Gasteiger partial charge in [0.15, 0.2) is 0 Å². The monoisotopic (exact) mass is 526 g/mol. The molecule has 2 aromatic rings. The summed E-state index contributed by atoms with van der Waals surface area (Å²) in [5.41, 5.74) is 2.03. The molecule has 0 aliphatic heterocycles. The Bertz CT molecular complexity index is 1170. The molecule has 2 aliphatic rings. The van der Waals surface area contributed by atoms with Crippen molar-refractivity contribution in [1.82, 2.24) is 5.32 Å². The van der Waals surface area contributed by atoms with E-state index < -0.39 is 27.6 Å². The number of carboxylic acids is 1. The van der Waals surface area contributed by atoms with Crippen LogP contribution in [0.25, 0.3) is 0 Å². The zero-order valence-electron chi connectivity index (χ0n) is 19.8. The van der Waals surface area contributed by atoms with Crippen molar-refractivity contribution in [2.75, 3.05) is 4.72 Å². The number of aryl methyl sites for hydroxylation is 1. The Morgan fingerprint density at radius 2 is 1.47 bits per heavy atom. The quantitative estimate of drug-likeness (QED) is 0.495. The molecule has 2 fully saturated rings. The number of carbonyl (C=O) groups is 2. The molecule has 0 heterocycles. The predicted molar refractivity (Wildman–Crippen MR) is 128 cm³/mol. The van der Waals surface area contributed by atoms with Crippen LogP contribution in [0.3, 0.4) is 0 Å². The van der Waals surface area contributed by atoms with E-state index in [1.165, 1.54) is 19.3 Å². The van der Waals surface area contributed by atoms with Crippen LogP contribution in [0, 0.1) is 6.92 Å². The molecule has 0 saturated heterocycles. The normalized spacial score (nSPS) is 17.3. The van der Waals surface area contributed by atoms with Gasteiger partial charge < -0.3 is 10.4 Å². The van der Waals surface area contributed by atoms with Crippen molar-refractivity contribution in [3.8, 4) is 0 Å². The molecule has 2 aliphatic carbocycles. The van der Waals surface area contributed by atoms with Crippen LogP contribution in [0.2, 0.25) is 0 Å².